The Morgan fingerprint density at radius 1 is 1.44 bits per heavy atom. The first-order valence-electron chi connectivity index (χ1n) is 5.97. The number of halogens is 1. The molecule has 1 saturated heterocycles. The van der Waals surface area contributed by atoms with E-state index < -0.39 is 10.0 Å². The summed E-state index contributed by atoms with van der Waals surface area (Å²) < 4.78 is 28.1. The Bertz CT molecular complexity index is 495. The van der Waals surface area contributed by atoms with Crippen LogP contribution >= 0.6 is 27.3 Å². The third-order valence-corrected chi connectivity index (χ3v) is 6.61. The lowest BCUT2D eigenvalue weighted by Crippen LogP contribution is -2.40. The highest BCUT2D eigenvalue weighted by molar-refractivity contribution is 9.11. The third kappa shape index (κ3) is 3.77. The summed E-state index contributed by atoms with van der Waals surface area (Å²) >= 11 is 4.51. The lowest BCUT2D eigenvalue weighted by atomic mass is 10.3. The molecule has 7 heteroatoms. The highest BCUT2D eigenvalue weighted by Gasteiger charge is 2.21. The van der Waals surface area contributed by atoms with E-state index in [1.54, 1.807) is 12.1 Å². The Balaban J connectivity index is 1.95. The second-order valence-corrected chi connectivity index (χ2v) is 8.99. The smallest absolute Gasteiger partial charge is 0.250 e. The average molecular weight is 353 g/mol. The molecule has 1 fully saturated rings. The fourth-order valence-electron chi connectivity index (χ4n) is 2.15. The minimum absolute atomic E-state index is 0.0611. The molecule has 4 nitrogen and oxygen atoms in total. The lowest BCUT2D eigenvalue weighted by Gasteiger charge is -2.20. The predicted octanol–water partition coefficient (Wildman–Crippen LogP) is 2.27. The van der Waals surface area contributed by atoms with Crippen molar-refractivity contribution in [3.05, 3.63) is 15.9 Å². The van der Waals surface area contributed by atoms with Crippen molar-refractivity contribution in [1.29, 1.82) is 0 Å². The van der Waals surface area contributed by atoms with Crippen LogP contribution in [0.5, 0.6) is 0 Å². The third-order valence-electron chi connectivity index (χ3n) is 2.90. The zero-order chi connectivity index (χ0) is 13.2. The number of sulfonamides is 1. The number of hydrogen-bond acceptors (Lipinski definition) is 4. The number of hydrogen-bond donors (Lipinski definition) is 1. The maximum atomic E-state index is 12.1. The normalized spacial score (nSPS) is 19.2. The summed E-state index contributed by atoms with van der Waals surface area (Å²) in [6.45, 7) is 4.86. The van der Waals surface area contributed by atoms with Gasteiger partial charge < -0.3 is 4.90 Å². The molecule has 0 aliphatic carbocycles. The molecule has 2 rings (SSSR count). The molecular formula is C11H17BrN2O2S2. The van der Waals surface area contributed by atoms with Crippen molar-refractivity contribution in [1.82, 2.24) is 9.62 Å². The summed E-state index contributed by atoms with van der Waals surface area (Å²) in [6, 6.07) is 3.32. The quantitative estimate of drug-likeness (QED) is 0.884. The zero-order valence-corrected chi connectivity index (χ0v) is 13.4. The molecule has 2 heterocycles. The van der Waals surface area contributed by atoms with Crippen LogP contribution in [0.1, 0.15) is 19.8 Å². The summed E-state index contributed by atoms with van der Waals surface area (Å²) in [5.74, 6) is 0. The van der Waals surface area contributed by atoms with Gasteiger partial charge in [0.15, 0.2) is 0 Å². The molecular weight excluding hydrogens is 336 g/mol. The Morgan fingerprint density at radius 2 is 2.11 bits per heavy atom. The lowest BCUT2D eigenvalue weighted by molar-refractivity contribution is 0.313. The topological polar surface area (TPSA) is 49.4 Å². The van der Waals surface area contributed by atoms with Gasteiger partial charge in [0.05, 0.1) is 3.79 Å². The van der Waals surface area contributed by atoms with E-state index in [1.807, 2.05) is 6.92 Å². The van der Waals surface area contributed by atoms with Crippen molar-refractivity contribution in [3.8, 4) is 0 Å². The molecule has 0 spiro atoms. The van der Waals surface area contributed by atoms with Crippen LogP contribution in [0.15, 0.2) is 20.1 Å². The molecule has 0 amide bonds. The Labute approximate surface area is 121 Å². The van der Waals surface area contributed by atoms with Gasteiger partial charge in [0.1, 0.15) is 4.21 Å². The Kier molecular flexibility index (Phi) is 4.82. The molecule has 1 aliphatic rings. The van der Waals surface area contributed by atoms with Crippen LogP contribution in [0.4, 0.5) is 0 Å². The number of nitrogens with zero attached hydrogens (tertiary/aromatic N) is 1. The molecule has 0 radical (unpaired) electrons. The second-order valence-electron chi connectivity index (χ2n) is 4.59. The fourth-order valence-corrected chi connectivity index (χ4v) is 5.42. The van der Waals surface area contributed by atoms with E-state index in [9.17, 15) is 8.42 Å². The molecule has 0 aromatic carbocycles. The molecule has 18 heavy (non-hydrogen) atoms. The summed E-state index contributed by atoms with van der Waals surface area (Å²) in [5, 5.41) is 0. The number of likely N-dealkylation sites (tertiary alicyclic amines) is 1. The SMILES string of the molecule is CC(CN1CCCC1)NS(=O)(=O)c1ccc(Br)s1. The maximum Gasteiger partial charge on any atom is 0.250 e. The van der Waals surface area contributed by atoms with E-state index in [1.165, 1.54) is 24.2 Å². The van der Waals surface area contributed by atoms with Crippen molar-refractivity contribution in [3.63, 3.8) is 0 Å². The Hall–Kier alpha value is 0.0500. The number of thiophene rings is 1. The summed E-state index contributed by atoms with van der Waals surface area (Å²) in [6.07, 6.45) is 2.44. The van der Waals surface area contributed by atoms with E-state index in [-0.39, 0.29) is 6.04 Å². The second kappa shape index (κ2) is 6.00. The van der Waals surface area contributed by atoms with Crippen LogP contribution < -0.4 is 4.72 Å². The fraction of sp³-hybridized carbons (Fsp3) is 0.636. The van der Waals surface area contributed by atoms with E-state index in [0.717, 1.165) is 23.4 Å². The average Bonchev–Trinajstić information content (AvgIpc) is 2.88. The van der Waals surface area contributed by atoms with Crippen molar-refractivity contribution >= 4 is 37.3 Å². The van der Waals surface area contributed by atoms with Gasteiger partial charge in [-0.15, -0.1) is 11.3 Å². The van der Waals surface area contributed by atoms with Gasteiger partial charge in [-0.25, -0.2) is 13.1 Å². The van der Waals surface area contributed by atoms with Crippen LogP contribution in [0, 0.1) is 0 Å². The largest absolute Gasteiger partial charge is 0.302 e. The molecule has 1 aromatic rings. The molecule has 0 saturated carbocycles. The van der Waals surface area contributed by atoms with Crippen LogP contribution in [0.25, 0.3) is 0 Å². The van der Waals surface area contributed by atoms with E-state index in [4.69, 9.17) is 0 Å². The van der Waals surface area contributed by atoms with Crippen molar-refractivity contribution < 1.29 is 8.42 Å². The predicted molar refractivity (Wildman–Crippen MR) is 77.5 cm³/mol. The van der Waals surface area contributed by atoms with Crippen molar-refractivity contribution in [2.24, 2.45) is 0 Å². The first kappa shape index (κ1) is 14.5. The van der Waals surface area contributed by atoms with Crippen LogP contribution in [0.3, 0.4) is 0 Å². The van der Waals surface area contributed by atoms with Crippen LogP contribution in [0.2, 0.25) is 0 Å². The van der Waals surface area contributed by atoms with Gasteiger partial charge in [-0.3, -0.25) is 0 Å². The van der Waals surface area contributed by atoms with Crippen LogP contribution in [-0.4, -0.2) is 39.0 Å². The highest BCUT2D eigenvalue weighted by atomic mass is 79.9. The highest BCUT2D eigenvalue weighted by Crippen LogP contribution is 2.26. The minimum atomic E-state index is -3.37. The van der Waals surface area contributed by atoms with Gasteiger partial charge in [-0.05, 0) is 60.9 Å². The van der Waals surface area contributed by atoms with Gasteiger partial charge in [-0.2, -0.15) is 0 Å². The van der Waals surface area contributed by atoms with Crippen LogP contribution in [-0.2, 0) is 10.0 Å². The maximum absolute atomic E-state index is 12.1. The van der Waals surface area contributed by atoms with Gasteiger partial charge in [0, 0.05) is 12.6 Å². The summed E-state index contributed by atoms with van der Waals surface area (Å²) in [7, 11) is -3.37. The van der Waals surface area contributed by atoms with Gasteiger partial charge in [-0.1, -0.05) is 0 Å². The molecule has 1 atom stereocenters. The summed E-state index contributed by atoms with van der Waals surface area (Å²) in [4.78, 5) is 2.30. The number of rotatable bonds is 5. The van der Waals surface area contributed by atoms with Gasteiger partial charge in [0.2, 0.25) is 10.0 Å². The van der Waals surface area contributed by atoms with Gasteiger partial charge >= 0.3 is 0 Å². The first-order valence-corrected chi connectivity index (χ1v) is 9.07. The zero-order valence-electron chi connectivity index (χ0n) is 10.2. The number of nitrogens with one attached hydrogen (secondary N) is 1. The Morgan fingerprint density at radius 3 is 2.67 bits per heavy atom. The summed E-state index contributed by atoms with van der Waals surface area (Å²) in [5.41, 5.74) is 0. The molecule has 1 aliphatic heterocycles. The monoisotopic (exact) mass is 352 g/mol. The molecule has 1 aromatic heterocycles. The van der Waals surface area contributed by atoms with Crippen molar-refractivity contribution in [2.75, 3.05) is 19.6 Å². The van der Waals surface area contributed by atoms with E-state index in [0.29, 0.717) is 4.21 Å². The molecule has 1 unspecified atom stereocenters. The van der Waals surface area contributed by atoms with Gasteiger partial charge in [0.25, 0.3) is 0 Å². The minimum Gasteiger partial charge on any atom is -0.302 e. The van der Waals surface area contributed by atoms with E-state index in [2.05, 4.69) is 25.6 Å². The van der Waals surface area contributed by atoms with E-state index >= 15 is 0 Å². The molecule has 102 valence electrons. The van der Waals surface area contributed by atoms with Crippen molar-refractivity contribution in [2.45, 2.75) is 30.0 Å². The molecule has 0 bridgehead atoms. The molecule has 1 N–H and O–H groups in total. The standard InChI is InChI=1S/C11H17BrN2O2S2/c1-9(8-14-6-2-3-7-14)13-18(15,16)11-5-4-10(12)17-11/h4-5,9,13H,2-3,6-8H2,1H3. The first-order chi connectivity index (χ1) is 8.47.